The van der Waals surface area contributed by atoms with Crippen LogP contribution >= 0.6 is 0 Å². The van der Waals surface area contributed by atoms with Crippen LogP contribution in [0.4, 0.5) is 5.69 Å². The van der Waals surface area contributed by atoms with E-state index in [0.29, 0.717) is 5.92 Å². The van der Waals surface area contributed by atoms with E-state index in [1.54, 1.807) is 6.33 Å². The highest BCUT2D eigenvalue weighted by Crippen LogP contribution is 2.28. The maximum absolute atomic E-state index is 4.62. The van der Waals surface area contributed by atoms with E-state index in [4.69, 9.17) is 0 Å². The highest BCUT2D eigenvalue weighted by molar-refractivity contribution is 5.68. The van der Waals surface area contributed by atoms with Gasteiger partial charge in [0.05, 0.1) is 11.4 Å². The van der Waals surface area contributed by atoms with Gasteiger partial charge in [-0.15, -0.1) is 10.2 Å². The van der Waals surface area contributed by atoms with Gasteiger partial charge in [0.1, 0.15) is 6.33 Å². The maximum atomic E-state index is 4.62. The molecule has 2 saturated heterocycles. The fraction of sp³-hybridized carbons (Fsp3) is 0.706. The van der Waals surface area contributed by atoms with E-state index in [9.17, 15) is 0 Å². The predicted octanol–water partition coefficient (Wildman–Crippen LogP) is 2.31. The molecular formula is C17H26N6. The molecular weight excluding hydrogens is 288 g/mol. The second kappa shape index (κ2) is 6.07. The standard InChI is InChI=1S/C17H26N6/c1-13(2)15-11-16(17-19-18-12-23(17)20-15)22-9-5-14(6-10-22)21-7-3-4-8-21/h11-14H,3-10H2,1-2H3. The molecule has 0 spiro atoms. The minimum atomic E-state index is 0.405. The van der Waals surface area contributed by atoms with Crippen molar-refractivity contribution < 1.29 is 0 Å². The monoisotopic (exact) mass is 314 g/mol. The molecule has 0 atom stereocenters. The maximum Gasteiger partial charge on any atom is 0.200 e. The van der Waals surface area contributed by atoms with Crippen molar-refractivity contribution in [1.82, 2.24) is 24.7 Å². The lowest BCUT2D eigenvalue weighted by Gasteiger charge is -2.37. The van der Waals surface area contributed by atoms with Gasteiger partial charge in [-0.25, -0.2) is 0 Å². The van der Waals surface area contributed by atoms with Crippen LogP contribution in [0.2, 0.25) is 0 Å². The Morgan fingerprint density at radius 3 is 2.52 bits per heavy atom. The minimum Gasteiger partial charge on any atom is -0.368 e. The van der Waals surface area contributed by atoms with Crippen molar-refractivity contribution in [2.45, 2.75) is 51.5 Å². The van der Waals surface area contributed by atoms with Gasteiger partial charge in [0.2, 0.25) is 5.65 Å². The van der Waals surface area contributed by atoms with Crippen molar-refractivity contribution in [3.63, 3.8) is 0 Å². The van der Waals surface area contributed by atoms with Crippen LogP contribution in [0.25, 0.3) is 5.65 Å². The zero-order valence-electron chi connectivity index (χ0n) is 14.1. The van der Waals surface area contributed by atoms with E-state index in [0.717, 1.165) is 30.5 Å². The van der Waals surface area contributed by atoms with E-state index in [2.05, 4.69) is 45.0 Å². The summed E-state index contributed by atoms with van der Waals surface area (Å²) >= 11 is 0. The van der Waals surface area contributed by atoms with E-state index < -0.39 is 0 Å². The first-order chi connectivity index (χ1) is 11.2. The van der Waals surface area contributed by atoms with Gasteiger partial charge >= 0.3 is 0 Å². The Balaban J connectivity index is 1.56. The molecule has 6 heteroatoms. The quantitative estimate of drug-likeness (QED) is 0.870. The number of aromatic nitrogens is 4. The van der Waals surface area contributed by atoms with E-state index >= 15 is 0 Å². The summed E-state index contributed by atoms with van der Waals surface area (Å²) in [6, 6.07) is 2.99. The van der Waals surface area contributed by atoms with Gasteiger partial charge in [-0.05, 0) is 50.8 Å². The molecule has 0 unspecified atom stereocenters. The average Bonchev–Trinajstić information content (AvgIpc) is 3.25. The Bertz CT molecular complexity index is 665. The first kappa shape index (κ1) is 14.9. The fourth-order valence-corrected chi connectivity index (χ4v) is 3.92. The molecule has 0 amide bonds. The smallest absolute Gasteiger partial charge is 0.200 e. The number of hydrogen-bond acceptors (Lipinski definition) is 5. The SMILES string of the molecule is CC(C)c1cc(N2CCC(N3CCCC3)CC2)c2nncn2n1. The Hall–Kier alpha value is -1.69. The molecule has 2 aromatic heterocycles. The molecule has 124 valence electrons. The van der Waals surface area contributed by atoms with Gasteiger partial charge in [-0.3, -0.25) is 0 Å². The Labute approximate surface area is 137 Å². The van der Waals surface area contributed by atoms with Crippen molar-refractivity contribution in [1.29, 1.82) is 0 Å². The van der Waals surface area contributed by atoms with E-state index in [1.165, 1.54) is 44.5 Å². The van der Waals surface area contributed by atoms with Gasteiger partial charge in [-0.1, -0.05) is 13.8 Å². The predicted molar refractivity (Wildman–Crippen MR) is 90.9 cm³/mol. The number of hydrogen-bond donors (Lipinski definition) is 0. The van der Waals surface area contributed by atoms with Crippen LogP contribution < -0.4 is 4.90 Å². The molecule has 6 nitrogen and oxygen atoms in total. The van der Waals surface area contributed by atoms with Crippen molar-refractivity contribution in [2.24, 2.45) is 0 Å². The van der Waals surface area contributed by atoms with Crippen LogP contribution in [0, 0.1) is 0 Å². The average molecular weight is 314 g/mol. The summed E-state index contributed by atoms with van der Waals surface area (Å²) in [5.41, 5.74) is 3.18. The zero-order chi connectivity index (χ0) is 15.8. The number of piperidine rings is 1. The summed E-state index contributed by atoms with van der Waals surface area (Å²) in [5, 5.41) is 13.0. The molecule has 2 fully saturated rings. The third kappa shape index (κ3) is 2.80. The summed E-state index contributed by atoms with van der Waals surface area (Å²) in [7, 11) is 0. The lowest BCUT2D eigenvalue weighted by atomic mass is 10.0. The molecule has 4 rings (SSSR count). The largest absolute Gasteiger partial charge is 0.368 e. The van der Waals surface area contributed by atoms with Gasteiger partial charge < -0.3 is 9.80 Å². The van der Waals surface area contributed by atoms with Crippen molar-refractivity contribution in [3.05, 3.63) is 18.1 Å². The second-order valence-corrected chi connectivity index (χ2v) is 7.17. The molecule has 0 saturated carbocycles. The number of anilines is 1. The molecule has 0 aliphatic carbocycles. The van der Waals surface area contributed by atoms with Crippen LogP contribution in [0.5, 0.6) is 0 Å². The Morgan fingerprint density at radius 1 is 1.09 bits per heavy atom. The Morgan fingerprint density at radius 2 is 1.83 bits per heavy atom. The minimum absolute atomic E-state index is 0.405. The van der Waals surface area contributed by atoms with Crippen molar-refractivity contribution in [3.8, 4) is 0 Å². The zero-order valence-corrected chi connectivity index (χ0v) is 14.1. The summed E-state index contributed by atoms with van der Waals surface area (Å²) < 4.78 is 1.83. The molecule has 2 aliphatic heterocycles. The topological polar surface area (TPSA) is 49.6 Å². The molecule has 0 aromatic carbocycles. The lowest BCUT2D eigenvalue weighted by Crippen LogP contribution is -2.44. The summed E-state index contributed by atoms with van der Waals surface area (Å²) in [5.74, 6) is 0.405. The van der Waals surface area contributed by atoms with Crippen LogP contribution in [-0.4, -0.2) is 56.9 Å². The van der Waals surface area contributed by atoms with Gasteiger partial charge in [0.25, 0.3) is 0 Å². The van der Waals surface area contributed by atoms with Crippen LogP contribution in [0.15, 0.2) is 12.4 Å². The number of fused-ring (bicyclic) bond motifs is 1. The third-order valence-electron chi connectivity index (χ3n) is 5.32. The fourth-order valence-electron chi connectivity index (χ4n) is 3.92. The third-order valence-corrected chi connectivity index (χ3v) is 5.32. The first-order valence-corrected chi connectivity index (χ1v) is 8.92. The van der Waals surface area contributed by atoms with Gasteiger partial charge in [0, 0.05) is 19.1 Å². The Kier molecular flexibility index (Phi) is 3.93. The van der Waals surface area contributed by atoms with Crippen LogP contribution in [-0.2, 0) is 0 Å². The van der Waals surface area contributed by atoms with Crippen LogP contribution in [0.3, 0.4) is 0 Å². The normalized spacial score (nSPS) is 20.9. The lowest BCUT2D eigenvalue weighted by molar-refractivity contribution is 0.208. The van der Waals surface area contributed by atoms with E-state index in [-0.39, 0.29) is 0 Å². The van der Waals surface area contributed by atoms with Crippen LogP contribution in [0.1, 0.15) is 51.1 Å². The summed E-state index contributed by atoms with van der Waals surface area (Å²) in [4.78, 5) is 5.17. The molecule has 2 aromatic rings. The molecule has 2 aliphatic rings. The summed E-state index contributed by atoms with van der Waals surface area (Å²) in [6.45, 7) is 9.16. The van der Waals surface area contributed by atoms with Crippen molar-refractivity contribution in [2.75, 3.05) is 31.1 Å². The number of rotatable bonds is 3. The van der Waals surface area contributed by atoms with Gasteiger partial charge in [0.15, 0.2) is 0 Å². The molecule has 0 bridgehead atoms. The highest BCUT2D eigenvalue weighted by Gasteiger charge is 2.27. The number of nitrogens with zero attached hydrogens (tertiary/aromatic N) is 6. The molecule has 23 heavy (non-hydrogen) atoms. The van der Waals surface area contributed by atoms with Gasteiger partial charge in [-0.2, -0.15) is 9.61 Å². The second-order valence-electron chi connectivity index (χ2n) is 7.17. The van der Waals surface area contributed by atoms with Crippen molar-refractivity contribution >= 4 is 11.3 Å². The number of likely N-dealkylation sites (tertiary alicyclic amines) is 1. The molecule has 4 heterocycles. The first-order valence-electron chi connectivity index (χ1n) is 8.92. The summed E-state index contributed by atoms with van der Waals surface area (Å²) in [6.07, 6.45) is 6.96. The molecule has 0 N–H and O–H groups in total. The van der Waals surface area contributed by atoms with E-state index in [1.807, 2.05) is 4.52 Å². The highest BCUT2D eigenvalue weighted by atomic mass is 15.4. The molecule has 0 radical (unpaired) electrons.